The molecule has 0 saturated carbocycles. The third-order valence-electron chi connectivity index (χ3n) is 2.59. The zero-order chi connectivity index (χ0) is 13.3. The van der Waals surface area contributed by atoms with E-state index in [1.807, 2.05) is 0 Å². The van der Waals surface area contributed by atoms with Crippen LogP contribution in [0.15, 0.2) is 22.7 Å². The highest BCUT2D eigenvalue weighted by Crippen LogP contribution is 2.27. The maximum atomic E-state index is 12.2. The molecule has 1 atom stereocenters. The van der Waals surface area contributed by atoms with E-state index in [-0.39, 0.29) is 5.91 Å². The fourth-order valence-corrected chi connectivity index (χ4v) is 3.28. The van der Waals surface area contributed by atoms with Gasteiger partial charge in [-0.05, 0) is 34.1 Å². The van der Waals surface area contributed by atoms with Gasteiger partial charge in [-0.25, -0.2) is 4.79 Å². The molecule has 0 radical (unpaired) electrons. The molecule has 0 bridgehead atoms. The van der Waals surface area contributed by atoms with Gasteiger partial charge in [-0.2, -0.15) is 0 Å². The van der Waals surface area contributed by atoms with Crippen LogP contribution in [0.5, 0.6) is 0 Å². The lowest BCUT2D eigenvalue weighted by molar-refractivity contribution is -0.140. The van der Waals surface area contributed by atoms with Crippen LogP contribution in [0.1, 0.15) is 10.4 Å². The quantitative estimate of drug-likeness (QED) is 0.891. The van der Waals surface area contributed by atoms with Gasteiger partial charge in [0.1, 0.15) is 6.04 Å². The highest BCUT2D eigenvalue weighted by Gasteiger charge is 2.35. The van der Waals surface area contributed by atoms with E-state index in [0.717, 1.165) is 0 Å². The molecule has 1 N–H and O–H groups in total. The minimum absolute atomic E-state index is 0.287. The van der Waals surface area contributed by atoms with Crippen molar-refractivity contribution in [1.29, 1.82) is 0 Å². The van der Waals surface area contributed by atoms with Crippen LogP contribution < -0.4 is 0 Å². The van der Waals surface area contributed by atoms with E-state index >= 15 is 0 Å². The van der Waals surface area contributed by atoms with Crippen molar-refractivity contribution in [3.8, 4) is 0 Å². The topological polar surface area (TPSA) is 57.6 Å². The zero-order valence-corrected chi connectivity index (χ0v) is 12.3. The molecule has 4 nitrogen and oxygen atoms in total. The first-order valence-corrected chi connectivity index (χ1v) is 7.40. The second-order valence-electron chi connectivity index (χ2n) is 3.76. The Kier molecular flexibility index (Phi) is 4.19. The standard InChI is InChI=1S/C11H9BrClNO3S/c12-7-3-6(1-2-8(7)13)10(15)14-5-18-4-9(14)11(16)17/h1-3,9H,4-5H2,(H,16,17)/t9-/m0/s1. The average Bonchev–Trinajstić information content (AvgIpc) is 2.81. The van der Waals surface area contributed by atoms with Gasteiger partial charge < -0.3 is 10.0 Å². The van der Waals surface area contributed by atoms with Crippen molar-refractivity contribution in [3.63, 3.8) is 0 Å². The fourth-order valence-electron chi connectivity index (χ4n) is 1.64. The highest BCUT2D eigenvalue weighted by atomic mass is 79.9. The van der Waals surface area contributed by atoms with Gasteiger partial charge in [0.2, 0.25) is 0 Å². The first-order chi connectivity index (χ1) is 8.50. The maximum Gasteiger partial charge on any atom is 0.327 e. The number of nitrogens with zero attached hydrogens (tertiary/aromatic N) is 1. The normalized spacial score (nSPS) is 19.0. The maximum absolute atomic E-state index is 12.2. The predicted octanol–water partition coefficient (Wildman–Crippen LogP) is 2.70. The van der Waals surface area contributed by atoms with Crippen molar-refractivity contribution >= 4 is 51.2 Å². The molecule has 1 fully saturated rings. The molecule has 0 aromatic heterocycles. The number of hydrogen-bond acceptors (Lipinski definition) is 3. The Morgan fingerprint density at radius 3 is 2.83 bits per heavy atom. The monoisotopic (exact) mass is 349 g/mol. The van der Waals surface area contributed by atoms with Crippen molar-refractivity contribution in [1.82, 2.24) is 4.90 Å². The molecule has 0 unspecified atom stereocenters. The largest absolute Gasteiger partial charge is 0.480 e. The number of rotatable bonds is 2. The van der Waals surface area contributed by atoms with Gasteiger partial charge in [-0.3, -0.25) is 4.79 Å². The highest BCUT2D eigenvalue weighted by molar-refractivity contribution is 9.10. The van der Waals surface area contributed by atoms with Crippen LogP contribution in [-0.2, 0) is 4.79 Å². The molecule has 1 saturated heterocycles. The summed E-state index contributed by atoms with van der Waals surface area (Å²) < 4.78 is 0.619. The SMILES string of the molecule is O=C(O)[C@@H]1CSCN1C(=O)c1ccc(Cl)c(Br)c1. The Bertz CT molecular complexity index is 511. The number of carbonyl (C=O) groups excluding carboxylic acids is 1. The van der Waals surface area contributed by atoms with Crippen molar-refractivity contribution in [3.05, 3.63) is 33.3 Å². The van der Waals surface area contributed by atoms with Gasteiger partial charge in [0.15, 0.2) is 0 Å². The summed E-state index contributed by atoms with van der Waals surface area (Å²) in [6, 6.07) is 4.05. The number of carboxylic acids is 1. The van der Waals surface area contributed by atoms with Gasteiger partial charge in [-0.1, -0.05) is 11.6 Å². The van der Waals surface area contributed by atoms with E-state index in [4.69, 9.17) is 16.7 Å². The summed E-state index contributed by atoms with van der Waals surface area (Å²) in [5.41, 5.74) is 0.431. The van der Waals surface area contributed by atoms with E-state index < -0.39 is 12.0 Å². The molecular formula is C11H9BrClNO3S. The molecule has 1 amide bonds. The summed E-state index contributed by atoms with van der Waals surface area (Å²) in [6.07, 6.45) is 0. The van der Waals surface area contributed by atoms with E-state index in [0.29, 0.717) is 26.7 Å². The van der Waals surface area contributed by atoms with Crippen molar-refractivity contribution in [2.24, 2.45) is 0 Å². The minimum Gasteiger partial charge on any atom is -0.480 e. The van der Waals surface area contributed by atoms with E-state index in [9.17, 15) is 9.59 Å². The Hall–Kier alpha value is -0.720. The van der Waals surface area contributed by atoms with Crippen molar-refractivity contribution < 1.29 is 14.7 Å². The van der Waals surface area contributed by atoms with Gasteiger partial charge >= 0.3 is 5.97 Å². The molecule has 1 aromatic rings. The average molecular weight is 351 g/mol. The second-order valence-corrected chi connectivity index (χ2v) is 6.02. The summed E-state index contributed by atoms with van der Waals surface area (Å²) in [5.74, 6) is -0.433. The fraction of sp³-hybridized carbons (Fsp3) is 0.273. The van der Waals surface area contributed by atoms with Crippen molar-refractivity contribution in [2.75, 3.05) is 11.6 Å². The number of benzene rings is 1. The Labute approximate surface area is 121 Å². The number of halogens is 2. The Morgan fingerprint density at radius 2 is 2.22 bits per heavy atom. The third kappa shape index (κ3) is 2.65. The molecule has 0 spiro atoms. The van der Waals surface area contributed by atoms with Gasteiger partial charge in [0.25, 0.3) is 5.91 Å². The predicted molar refractivity (Wildman–Crippen MR) is 74.1 cm³/mol. The number of thioether (sulfide) groups is 1. The molecular weight excluding hydrogens is 342 g/mol. The minimum atomic E-state index is -0.971. The van der Waals surface area contributed by atoms with Crippen LogP contribution in [-0.4, -0.2) is 39.6 Å². The number of aliphatic carboxylic acids is 1. The Morgan fingerprint density at radius 1 is 1.50 bits per heavy atom. The van der Waals surface area contributed by atoms with E-state index in [2.05, 4.69) is 15.9 Å². The van der Waals surface area contributed by atoms with Crippen LogP contribution in [0.3, 0.4) is 0 Å². The van der Waals surface area contributed by atoms with Crippen LogP contribution in [0.25, 0.3) is 0 Å². The molecule has 18 heavy (non-hydrogen) atoms. The molecule has 0 aliphatic carbocycles. The molecule has 1 heterocycles. The van der Waals surface area contributed by atoms with Crippen LogP contribution in [0.4, 0.5) is 0 Å². The smallest absolute Gasteiger partial charge is 0.327 e. The van der Waals surface area contributed by atoms with Gasteiger partial charge in [0, 0.05) is 15.8 Å². The van der Waals surface area contributed by atoms with Gasteiger partial charge in [0.05, 0.1) is 10.9 Å². The van der Waals surface area contributed by atoms with E-state index in [1.165, 1.54) is 16.7 Å². The summed E-state index contributed by atoms with van der Waals surface area (Å²) in [4.78, 5) is 24.6. The molecule has 1 aliphatic rings. The zero-order valence-electron chi connectivity index (χ0n) is 9.10. The second kappa shape index (κ2) is 5.50. The lowest BCUT2D eigenvalue weighted by Crippen LogP contribution is -2.41. The van der Waals surface area contributed by atoms with Crippen LogP contribution in [0.2, 0.25) is 5.02 Å². The number of amides is 1. The lowest BCUT2D eigenvalue weighted by atomic mass is 10.2. The number of hydrogen-bond donors (Lipinski definition) is 1. The Balaban J connectivity index is 2.25. The summed E-state index contributed by atoms with van der Waals surface area (Å²) >= 11 is 10.5. The summed E-state index contributed by atoms with van der Waals surface area (Å²) in [6.45, 7) is 0. The van der Waals surface area contributed by atoms with Gasteiger partial charge in [-0.15, -0.1) is 11.8 Å². The molecule has 1 aromatic carbocycles. The lowest BCUT2D eigenvalue weighted by Gasteiger charge is -2.20. The van der Waals surface area contributed by atoms with E-state index in [1.54, 1.807) is 18.2 Å². The van der Waals surface area contributed by atoms with Crippen LogP contribution in [0, 0.1) is 0 Å². The molecule has 96 valence electrons. The first-order valence-electron chi connectivity index (χ1n) is 5.07. The molecule has 1 aliphatic heterocycles. The van der Waals surface area contributed by atoms with Crippen molar-refractivity contribution in [2.45, 2.75) is 6.04 Å². The molecule has 7 heteroatoms. The molecule has 2 rings (SSSR count). The summed E-state index contributed by atoms with van der Waals surface area (Å²) in [7, 11) is 0. The number of carbonyl (C=O) groups is 2. The van der Waals surface area contributed by atoms with Crippen LogP contribution >= 0.6 is 39.3 Å². The summed E-state index contributed by atoms with van der Waals surface area (Å²) in [5, 5.41) is 9.55. The third-order valence-corrected chi connectivity index (χ3v) is 4.82. The first kappa shape index (κ1) is 13.7. The number of carboxylic acid groups (broad SMARTS) is 1.